The van der Waals surface area contributed by atoms with Crippen molar-refractivity contribution in [3.05, 3.63) is 18.3 Å². The molecule has 0 amide bonds. The summed E-state index contributed by atoms with van der Waals surface area (Å²) in [7, 11) is 0. The smallest absolute Gasteiger partial charge is 0.237 e. The zero-order valence-corrected chi connectivity index (χ0v) is 6.37. The summed E-state index contributed by atoms with van der Waals surface area (Å²) in [6.45, 7) is 2.88. The quantitative estimate of drug-likeness (QED) is 0.604. The highest BCUT2D eigenvalue weighted by molar-refractivity contribution is 5.53. The fourth-order valence-electron chi connectivity index (χ4n) is 1.11. The van der Waals surface area contributed by atoms with E-state index in [2.05, 4.69) is 10.3 Å². The van der Waals surface area contributed by atoms with Crippen LogP contribution in [0, 0.1) is 0 Å². The molecule has 2 rings (SSSR count). The summed E-state index contributed by atoms with van der Waals surface area (Å²) in [5, 5.41) is 3.22. The van der Waals surface area contributed by atoms with Crippen molar-refractivity contribution in [2.24, 2.45) is 0 Å². The highest BCUT2D eigenvalue weighted by atomic mass is 16.5. The molecule has 0 aliphatic carbocycles. The van der Waals surface area contributed by atoms with Crippen molar-refractivity contribution < 1.29 is 4.74 Å². The Balaban J connectivity index is 2.34. The number of hydrogen-bond donors (Lipinski definition) is 1. The summed E-state index contributed by atoms with van der Waals surface area (Å²) >= 11 is 0. The number of nitrogens with one attached hydrogen (secondary N) is 1. The number of nitrogens with zero attached hydrogens (tertiary/aromatic N) is 1. The first-order chi connectivity index (χ1) is 5.36. The van der Waals surface area contributed by atoms with Crippen LogP contribution in [0.1, 0.15) is 6.92 Å². The lowest BCUT2D eigenvalue weighted by molar-refractivity contribution is 0.216. The average Bonchev–Trinajstić information content (AvgIpc) is 2.04. The molecule has 11 heavy (non-hydrogen) atoms. The van der Waals surface area contributed by atoms with Crippen LogP contribution in [0.2, 0.25) is 0 Å². The predicted molar refractivity (Wildman–Crippen MR) is 42.8 cm³/mol. The van der Waals surface area contributed by atoms with Crippen LogP contribution in [0.15, 0.2) is 18.3 Å². The third kappa shape index (κ3) is 1.13. The van der Waals surface area contributed by atoms with Crippen molar-refractivity contribution in [1.29, 1.82) is 0 Å². The van der Waals surface area contributed by atoms with Crippen molar-refractivity contribution in [3.63, 3.8) is 0 Å². The highest BCUT2D eigenvalue weighted by Gasteiger charge is 2.14. The van der Waals surface area contributed by atoms with Gasteiger partial charge in [0, 0.05) is 6.20 Å². The van der Waals surface area contributed by atoms with E-state index >= 15 is 0 Å². The van der Waals surface area contributed by atoms with Gasteiger partial charge in [-0.25, -0.2) is 4.98 Å². The summed E-state index contributed by atoms with van der Waals surface area (Å²) in [5.74, 6) is 0.714. The van der Waals surface area contributed by atoms with E-state index in [-0.39, 0.29) is 6.10 Å². The van der Waals surface area contributed by atoms with Gasteiger partial charge >= 0.3 is 0 Å². The van der Waals surface area contributed by atoms with Crippen molar-refractivity contribution in [2.45, 2.75) is 13.0 Å². The Bertz CT molecular complexity index is 262. The lowest BCUT2D eigenvalue weighted by Gasteiger charge is -2.22. The van der Waals surface area contributed by atoms with Crippen molar-refractivity contribution in [3.8, 4) is 5.88 Å². The molecular weight excluding hydrogens is 140 g/mol. The molecular formula is C8H10N2O. The number of anilines is 1. The van der Waals surface area contributed by atoms with Gasteiger partial charge in [-0.05, 0) is 19.1 Å². The molecule has 1 atom stereocenters. The van der Waals surface area contributed by atoms with E-state index in [1.807, 2.05) is 19.1 Å². The Kier molecular flexibility index (Phi) is 1.42. The highest BCUT2D eigenvalue weighted by Crippen LogP contribution is 2.24. The number of pyridine rings is 1. The van der Waals surface area contributed by atoms with Gasteiger partial charge in [0.2, 0.25) is 5.88 Å². The van der Waals surface area contributed by atoms with Crippen LogP contribution in [0.25, 0.3) is 0 Å². The lowest BCUT2D eigenvalue weighted by Crippen LogP contribution is -2.28. The summed E-state index contributed by atoms with van der Waals surface area (Å²) in [5.41, 5.74) is 0.991. The van der Waals surface area contributed by atoms with E-state index in [4.69, 9.17) is 4.74 Å². The summed E-state index contributed by atoms with van der Waals surface area (Å²) in [4.78, 5) is 4.08. The number of rotatable bonds is 0. The minimum absolute atomic E-state index is 0.220. The van der Waals surface area contributed by atoms with Gasteiger partial charge in [-0.15, -0.1) is 0 Å². The zero-order valence-electron chi connectivity index (χ0n) is 6.37. The minimum Gasteiger partial charge on any atom is -0.471 e. The lowest BCUT2D eigenvalue weighted by atomic mass is 10.3. The number of hydrogen-bond acceptors (Lipinski definition) is 3. The van der Waals surface area contributed by atoms with Gasteiger partial charge in [-0.1, -0.05) is 0 Å². The molecule has 0 saturated heterocycles. The summed E-state index contributed by atoms with van der Waals surface area (Å²) in [6.07, 6.45) is 1.95. The standard InChI is InChI=1S/C8H10N2O/c1-6-5-10-7-3-2-4-9-8(7)11-6/h2-4,6,10H,5H2,1H3. The fourth-order valence-corrected chi connectivity index (χ4v) is 1.11. The topological polar surface area (TPSA) is 34.2 Å². The van der Waals surface area contributed by atoms with E-state index in [9.17, 15) is 0 Å². The molecule has 1 unspecified atom stereocenters. The monoisotopic (exact) mass is 150 g/mol. The maximum absolute atomic E-state index is 5.46. The Morgan fingerprint density at radius 1 is 1.73 bits per heavy atom. The van der Waals surface area contributed by atoms with Crippen LogP contribution in [0.4, 0.5) is 5.69 Å². The maximum Gasteiger partial charge on any atom is 0.237 e. The van der Waals surface area contributed by atoms with Crippen LogP contribution in [-0.4, -0.2) is 17.6 Å². The van der Waals surface area contributed by atoms with Crippen LogP contribution in [0.5, 0.6) is 5.88 Å². The molecule has 1 aliphatic rings. The number of ether oxygens (including phenoxy) is 1. The first kappa shape index (κ1) is 6.46. The van der Waals surface area contributed by atoms with E-state index in [0.717, 1.165) is 12.2 Å². The molecule has 3 heteroatoms. The minimum atomic E-state index is 0.220. The Morgan fingerprint density at radius 3 is 3.55 bits per heavy atom. The molecule has 0 bridgehead atoms. The number of fused-ring (bicyclic) bond motifs is 1. The molecule has 0 saturated carbocycles. The van der Waals surface area contributed by atoms with Crippen molar-refractivity contribution >= 4 is 5.69 Å². The van der Waals surface area contributed by atoms with Crippen molar-refractivity contribution in [1.82, 2.24) is 4.98 Å². The van der Waals surface area contributed by atoms with Gasteiger partial charge < -0.3 is 10.1 Å². The largest absolute Gasteiger partial charge is 0.471 e. The van der Waals surface area contributed by atoms with E-state index < -0.39 is 0 Å². The number of aromatic nitrogens is 1. The van der Waals surface area contributed by atoms with Gasteiger partial charge in [-0.2, -0.15) is 0 Å². The second-order valence-electron chi connectivity index (χ2n) is 2.67. The van der Waals surface area contributed by atoms with Gasteiger partial charge in [-0.3, -0.25) is 0 Å². The SMILES string of the molecule is CC1CNc2cccnc2O1. The Morgan fingerprint density at radius 2 is 2.64 bits per heavy atom. The molecule has 0 spiro atoms. The van der Waals surface area contributed by atoms with Crippen LogP contribution in [-0.2, 0) is 0 Å². The van der Waals surface area contributed by atoms with E-state index in [1.54, 1.807) is 6.20 Å². The normalized spacial score (nSPS) is 21.4. The average molecular weight is 150 g/mol. The fraction of sp³-hybridized carbons (Fsp3) is 0.375. The van der Waals surface area contributed by atoms with Gasteiger partial charge in [0.05, 0.1) is 12.2 Å². The molecule has 1 aromatic heterocycles. The Hall–Kier alpha value is -1.25. The van der Waals surface area contributed by atoms with Crippen LogP contribution >= 0.6 is 0 Å². The zero-order chi connectivity index (χ0) is 7.68. The van der Waals surface area contributed by atoms with E-state index in [1.165, 1.54) is 0 Å². The first-order valence-corrected chi connectivity index (χ1v) is 3.72. The van der Waals surface area contributed by atoms with Gasteiger partial charge in [0.1, 0.15) is 6.10 Å². The molecule has 1 N–H and O–H groups in total. The second kappa shape index (κ2) is 2.42. The molecule has 2 heterocycles. The van der Waals surface area contributed by atoms with Gasteiger partial charge in [0.25, 0.3) is 0 Å². The molecule has 3 nitrogen and oxygen atoms in total. The first-order valence-electron chi connectivity index (χ1n) is 3.72. The predicted octanol–water partition coefficient (Wildman–Crippen LogP) is 1.27. The Labute approximate surface area is 65.4 Å². The molecule has 0 aromatic carbocycles. The second-order valence-corrected chi connectivity index (χ2v) is 2.67. The van der Waals surface area contributed by atoms with Crippen molar-refractivity contribution in [2.75, 3.05) is 11.9 Å². The third-order valence-electron chi connectivity index (χ3n) is 1.66. The van der Waals surface area contributed by atoms with Gasteiger partial charge in [0.15, 0.2) is 0 Å². The molecule has 0 radical (unpaired) electrons. The third-order valence-corrected chi connectivity index (χ3v) is 1.66. The molecule has 1 aromatic rings. The van der Waals surface area contributed by atoms with Crippen LogP contribution in [0.3, 0.4) is 0 Å². The summed E-state index contributed by atoms with van der Waals surface area (Å²) in [6, 6.07) is 3.86. The molecule has 0 fully saturated rings. The molecule has 1 aliphatic heterocycles. The summed E-state index contributed by atoms with van der Waals surface area (Å²) < 4.78 is 5.46. The maximum atomic E-state index is 5.46. The molecule has 58 valence electrons. The van der Waals surface area contributed by atoms with E-state index in [0.29, 0.717) is 5.88 Å². The van der Waals surface area contributed by atoms with Crippen LogP contribution < -0.4 is 10.1 Å².